The molecular weight excluding hydrogens is 451 g/mol. The van der Waals surface area contributed by atoms with Gasteiger partial charge in [-0.05, 0) is 60.2 Å². The second-order valence-corrected chi connectivity index (χ2v) is 9.09. The summed E-state index contributed by atoms with van der Waals surface area (Å²) in [6.45, 7) is 4.67. The summed E-state index contributed by atoms with van der Waals surface area (Å²) < 4.78 is 5.39. The zero-order valence-corrected chi connectivity index (χ0v) is 19.2. The summed E-state index contributed by atoms with van der Waals surface area (Å²) in [7, 11) is 1.53. The Morgan fingerprint density at radius 1 is 1.14 bits per heavy atom. The number of ether oxygens (including phenoxy) is 1. The molecule has 2 aromatic rings. The van der Waals surface area contributed by atoms with Crippen LogP contribution in [0.4, 0.5) is 5.69 Å². The van der Waals surface area contributed by atoms with Crippen LogP contribution in [0.2, 0.25) is 15.1 Å². The highest BCUT2D eigenvalue weighted by Crippen LogP contribution is 2.39. The van der Waals surface area contributed by atoms with Gasteiger partial charge in [0.25, 0.3) is 5.91 Å². The third kappa shape index (κ3) is 5.28. The summed E-state index contributed by atoms with van der Waals surface area (Å²) in [6.07, 6.45) is 1.74. The van der Waals surface area contributed by atoms with Gasteiger partial charge in [0, 0.05) is 22.2 Å². The maximum absolute atomic E-state index is 13.1. The number of benzene rings is 2. The summed E-state index contributed by atoms with van der Waals surface area (Å²) in [4.78, 5) is 20.0. The second kappa shape index (κ2) is 9.43. The van der Waals surface area contributed by atoms with Gasteiger partial charge in [-0.1, -0.05) is 48.7 Å². The topological polar surface area (TPSA) is 41.9 Å². The molecule has 1 aliphatic rings. The number of hydrogen-bond acceptors (Lipinski definition) is 4. The number of nitrogens with zero attached hydrogens (tertiary/aromatic N) is 2. The Bertz CT molecular complexity index is 988. The van der Waals surface area contributed by atoms with Crippen LogP contribution in [0, 0.1) is 5.92 Å². The highest BCUT2D eigenvalue weighted by Gasteiger charge is 2.34. The standard InChI is InChI=1S/C21H19Cl3N2O2S/c1-12(2)11-26-20(27)18(9-13-8-15(23)10-17(24)19(13)28-3)29-21(26)25-16-6-4-14(22)5-7-16/h4-10,12H,11H2,1-3H3/b18-9-,25-21?. The number of amidine groups is 1. The smallest absolute Gasteiger partial charge is 0.266 e. The minimum absolute atomic E-state index is 0.116. The molecule has 1 heterocycles. The quantitative estimate of drug-likeness (QED) is 0.446. The molecular formula is C21H19Cl3N2O2S. The normalized spacial score (nSPS) is 17.1. The number of halogens is 3. The molecule has 0 bridgehead atoms. The fraction of sp³-hybridized carbons (Fsp3) is 0.238. The molecule has 0 saturated carbocycles. The number of aliphatic imine (C=N–C) groups is 1. The van der Waals surface area contributed by atoms with Crippen molar-refractivity contribution in [1.29, 1.82) is 0 Å². The number of carbonyl (C=O) groups is 1. The number of amides is 1. The average Bonchev–Trinajstić information content (AvgIpc) is 2.92. The lowest BCUT2D eigenvalue weighted by Crippen LogP contribution is -2.32. The highest BCUT2D eigenvalue weighted by molar-refractivity contribution is 8.18. The lowest BCUT2D eigenvalue weighted by molar-refractivity contribution is -0.122. The van der Waals surface area contributed by atoms with Crippen LogP contribution in [0.25, 0.3) is 6.08 Å². The predicted octanol–water partition coefficient (Wildman–Crippen LogP) is 6.92. The van der Waals surface area contributed by atoms with Crippen molar-refractivity contribution in [3.8, 4) is 5.75 Å². The minimum Gasteiger partial charge on any atom is -0.495 e. The van der Waals surface area contributed by atoms with Crippen LogP contribution in [-0.4, -0.2) is 29.6 Å². The van der Waals surface area contributed by atoms with E-state index in [-0.39, 0.29) is 11.8 Å². The van der Waals surface area contributed by atoms with Crippen LogP contribution in [0.5, 0.6) is 5.75 Å². The molecule has 0 unspecified atom stereocenters. The van der Waals surface area contributed by atoms with Crippen LogP contribution in [-0.2, 0) is 4.79 Å². The third-order valence-corrected chi connectivity index (χ3v) is 5.77. The lowest BCUT2D eigenvalue weighted by Gasteiger charge is -2.17. The Kier molecular flexibility index (Phi) is 7.17. The van der Waals surface area contributed by atoms with Crippen molar-refractivity contribution in [1.82, 2.24) is 4.90 Å². The van der Waals surface area contributed by atoms with Crippen molar-refractivity contribution in [2.45, 2.75) is 13.8 Å². The summed E-state index contributed by atoms with van der Waals surface area (Å²) in [5.41, 5.74) is 1.36. The molecule has 29 heavy (non-hydrogen) atoms. The van der Waals surface area contributed by atoms with E-state index in [4.69, 9.17) is 39.5 Å². The lowest BCUT2D eigenvalue weighted by atomic mass is 10.1. The molecule has 2 aromatic carbocycles. The Morgan fingerprint density at radius 2 is 1.83 bits per heavy atom. The molecule has 1 saturated heterocycles. The first-order valence-electron chi connectivity index (χ1n) is 8.87. The molecule has 0 radical (unpaired) electrons. The highest BCUT2D eigenvalue weighted by atomic mass is 35.5. The van der Waals surface area contributed by atoms with Crippen LogP contribution in [0.3, 0.4) is 0 Å². The van der Waals surface area contributed by atoms with E-state index in [0.29, 0.717) is 43.0 Å². The molecule has 4 nitrogen and oxygen atoms in total. The summed E-state index contributed by atoms with van der Waals surface area (Å²) in [5, 5.41) is 2.10. The Morgan fingerprint density at radius 3 is 2.45 bits per heavy atom. The Labute approximate surface area is 189 Å². The first-order valence-corrected chi connectivity index (χ1v) is 10.8. The predicted molar refractivity (Wildman–Crippen MR) is 124 cm³/mol. The molecule has 0 N–H and O–H groups in total. The van der Waals surface area contributed by atoms with Crippen molar-refractivity contribution in [3.63, 3.8) is 0 Å². The summed E-state index contributed by atoms with van der Waals surface area (Å²) >= 11 is 19.6. The minimum atomic E-state index is -0.116. The molecule has 0 aromatic heterocycles. The number of carbonyl (C=O) groups excluding carboxylic acids is 1. The molecule has 0 spiro atoms. The molecule has 1 aliphatic heterocycles. The van der Waals surface area contributed by atoms with Gasteiger partial charge in [-0.2, -0.15) is 0 Å². The van der Waals surface area contributed by atoms with Crippen molar-refractivity contribution in [2.24, 2.45) is 10.9 Å². The first-order chi connectivity index (χ1) is 13.8. The van der Waals surface area contributed by atoms with E-state index in [1.54, 1.807) is 35.2 Å². The maximum atomic E-state index is 13.1. The van der Waals surface area contributed by atoms with Gasteiger partial charge in [0.2, 0.25) is 0 Å². The summed E-state index contributed by atoms with van der Waals surface area (Å²) in [6, 6.07) is 10.5. The molecule has 0 aliphatic carbocycles. The molecule has 1 amide bonds. The number of rotatable bonds is 5. The van der Waals surface area contributed by atoms with Gasteiger partial charge in [0.15, 0.2) is 5.17 Å². The largest absolute Gasteiger partial charge is 0.495 e. The molecule has 3 rings (SSSR count). The number of methoxy groups -OCH3 is 1. The fourth-order valence-electron chi connectivity index (χ4n) is 2.79. The molecule has 1 fully saturated rings. The molecule has 8 heteroatoms. The average molecular weight is 470 g/mol. The molecule has 152 valence electrons. The van der Waals surface area contributed by atoms with Crippen LogP contribution in [0.1, 0.15) is 19.4 Å². The zero-order chi connectivity index (χ0) is 21.1. The van der Waals surface area contributed by atoms with Crippen molar-refractivity contribution < 1.29 is 9.53 Å². The fourth-order valence-corrected chi connectivity index (χ4v) is 4.50. The Balaban J connectivity index is 2.02. The van der Waals surface area contributed by atoms with Crippen LogP contribution < -0.4 is 4.74 Å². The van der Waals surface area contributed by atoms with Gasteiger partial charge in [-0.25, -0.2) is 4.99 Å². The van der Waals surface area contributed by atoms with E-state index in [2.05, 4.69) is 18.8 Å². The van der Waals surface area contributed by atoms with E-state index >= 15 is 0 Å². The maximum Gasteiger partial charge on any atom is 0.266 e. The number of thioether (sulfide) groups is 1. The van der Waals surface area contributed by atoms with Crippen LogP contribution >= 0.6 is 46.6 Å². The summed E-state index contributed by atoms with van der Waals surface area (Å²) in [5.74, 6) is 0.634. The first kappa shape index (κ1) is 22.0. The van der Waals surface area contributed by atoms with Crippen molar-refractivity contribution >= 4 is 69.4 Å². The van der Waals surface area contributed by atoms with Gasteiger partial charge in [-0.15, -0.1) is 0 Å². The van der Waals surface area contributed by atoms with Crippen molar-refractivity contribution in [3.05, 3.63) is 61.9 Å². The van der Waals surface area contributed by atoms with E-state index in [0.717, 1.165) is 5.69 Å². The number of hydrogen-bond donors (Lipinski definition) is 0. The second-order valence-electron chi connectivity index (χ2n) is 6.80. The van der Waals surface area contributed by atoms with Crippen LogP contribution in [0.15, 0.2) is 46.3 Å². The Hall–Kier alpha value is -1.66. The monoisotopic (exact) mass is 468 g/mol. The van der Waals surface area contributed by atoms with E-state index in [9.17, 15) is 4.79 Å². The van der Waals surface area contributed by atoms with Gasteiger partial charge in [0.05, 0.1) is 22.7 Å². The molecule has 0 atom stereocenters. The van der Waals surface area contributed by atoms with Crippen molar-refractivity contribution in [2.75, 3.05) is 13.7 Å². The van der Waals surface area contributed by atoms with Gasteiger partial charge < -0.3 is 4.74 Å². The van der Waals surface area contributed by atoms with Gasteiger partial charge >= 0.3 is 0 Å². The van der Waals surface area contributed by atoms with Gasteiger partial charge in [-0.3, -0.25) is 9.69 Å². The van der Waals surface area contributed by atoms with E-state index < -0.39 is 0 Å². The third-order valence-electron chi connectivity index (χ3n) is 4.02. The SMILES string of the molecule is COc1c(Cl)cc(Cl)cc1/C=C1\SC(=Nc2ccc(Cl)cc2)N(CC(C)C)C1=O. The van der Waals surface area contributed by atoms with Gasteiger partial charge in [0.1, 0.15) is 5.75 Å². The zero-order valence-electron chi connectivity index (χ0n) is 16.1. The van der Waals surface area contributed by atoms with E-state index in [1.807, 2.05) is 12.1 Å². The van der Waals surface area contributed by atoms with E-state index in [1.165, 1.54) is 18.9 Å².